The van der Waals surface area contributed by atoms with Gasteiger partial charge in [-0.3, -0.25) is 9.59 Å². The van der Waals surface area contributed by atoms with Gasteiger partial charge in [-0.05, 0) is 58.5 Å². The lowest BCUT2D eigenvalue weighted by Gasteiger charge is -2.45. The fraction of sp³-hybridized carbons (Fsp3) is 0.125. The van der Waals surface area contributed by atoms with Gasteiger partial charge in [-0.25, -0.2) is 18.0 Å². The van der Waals surface area contributed by atoms with Gasteiger partial charge in [-0.15, -0.1) is 0 Å². The Bertz CT molecular complexity index is 1370. The lowest BCUT2D eigenvalue weighted by molar-refractivity contribution is -0.135. The number of carboxylic acids is 1. The first-order valence-corrected chi connectivity index (χ1v) is 11.3. The summed E-state index contributed by atoms with van der Waals surface area (Å²) in [5.41, 5.74) is -3.33. The number of carbonyl (C=O) groups excluding carboxylic acids is 2. The number of rotatable bonds is 5. The lowest BCUT2D eigenvalue weighted by Crippen LogP contribution is -2.54. The number of allylic oxidation sites excluding steroid dienone is 2. The SMILES string of the molecule is CC(=O)Nc1cccc(C2(Nc3ccc(I)cc3F)C(F)=CC(F)=C3NC=C(C(=O)O)C(=O)C32)c1. The lowest BCUT2D eigenvalue weighted by atomic mass is 9.68. The Balaban J connectivity index is 2.01. The van der Waals surface area contributed by atoms with Crippen LogP contribution in [-0.2, 0) is 19.9 Å². The van der Waals surface area contributed by atoms with E-state index < -0.39 is 52.2 Å². The molecule has 0 saturated heterocycles. The van der Waals surface area contributed by atoms with Gasteiger partial charge in [-0.1, -0.05) is 12.1 Å². The van der Waals surface area contributed by atoms with Gasteiger partial charge in [0.25, 0.3) is 0 Å². The monoisotopic (exact) mass is 595 g/mol. The van der Waals surface area contributed by atoms with Gasteiger partial charge < -0.3 is 21.1 Å². The second-order valence-electron chi connectivity index (χ2n) is 7.88. The topological polar surface area (TPSA) is 108 Å². The highest BCUT2D eigenvalue weighted by Gasteiger charge is 2.56. The molecule has 2 aliphatic rings. The maximum absolute atomic E-state index is 16.0. The molecule has 1 aliphatic heterocycles. The maximum Gasteiger partial charge on any atom is 0.340 e. The van der Waals surface area contributed by atoms with Crippen LogP contribution in [0.2, 0.25) is 0 Å². The molecule has 2 unspecified atom stereocenters. The number of amides is 1. The molecule has 0 aromatic heterocycles. The normalized spacial score (nSPS) is 21.4. The molecular weight excluding hydrogens is 578 g/mol. The number of hydrogen-bond acceptors (Lipinski definition) is 5. The van der Waals surface area contributed by atoms with Crippen LogP contribution in [0.25, 0.3) is 0 Å². The molecule has 180 valence electrons. The Morgan fingerprint density at radius 3 is 2.54 bits per heavy atom. The van der Waals surface area contributed by atoms with Gasteiger partial charge in [0.05, 0.1) is 17.3 Å². The third-order valence-electron chi connectivity index (χ3n) is 5.64. The fourth-order valence-electron chi connectivity index (χ4n) is 4.18. The Morgan fingerprint density at radius 2 is 1.89 bits per heavy atom. The van der Waals surface area contributed by atoms with E-state index in [4.69, 9.17) is 0 Å². The van der Waals surface area contributed by atoms with Crippen molar-refractivity contribution in [3.8, 4) is 0 Å². The number of fused-ring (bicyclic) bond motifs is 1. The molecule has 2 atom stereocenters. The molecule has 4 N–H and O–H groups in total. The minimum absolute atomic E-state index is 0.0206. The molecule has 1 heterocycles. The average Bonchev–Trinajstić information content (AvgIpc) is 2.77. The zero-order valence-electron chi connectivity index (χ0n) is 18.0. The van der Waals surface area contributed by atoms with Crippen LogP contribution in [0, 0.1) is 15.3 Å². The van der Waals surface area contributed by atoms with Gasteiger partial charge in [-0.2, -0.15) is 0 Å². The third kappa shape index (κ3) is 4.31. The molecule has 0 saturated carbocycles. The Hall–Kier alpha value is -3.61. The molecule has 7 nitrogen and oxygen atoms in total. The second-order valence-corrected chi connectivity index (χ2v) is 9.12. The summed E-state index contributed by atoms with van der Waals surface area (Å²) in [5, 5.41) is 17.2. The number of hydrogen-bond donors (Lipinski definition) is 4. The van der Waals surface area contributed by atoms with Crippen LogP contribution in [0.1, 0.15) is 12.5 Å². The largest absolute Gasteiger partial charge is 0.478 e. The summed E-state index contributed by atoms with van der Waals surface area (Å²) in [7, 11) is 0. The molecule has 1 aliphatic carbocycles. The number of carbonyl (C=O) groups is 3. The predicted octanol–water partition coefficient (Wildman–Crippen LogP) is 4.50. The minimum atomic E-state index is -2.26. The van der Waals surface area contributed by atoms with Gasteiger partial charge in [0, 0.05) is 28.5 Å². The predicted molar refractivity (Wildman–Crippen MR) is 130 cm³/mol. The summed E-state index contributed by atoms with van der Waals surface area (Å²) in [6.45, 7) is 1.26. The number of ketones is 1. The zero-order chi connectivity index (χ0) is 25.5. The van der Waals surface area contributed by atoms with Crippen LogP contribution < -0.4 is 16.0 Å². The van der Waals surface area contributed by atoms with Crippen molar-refractivity contribution < 1.29 is 32.7 Å². The second kappa shape index (κ2) is 9.21. The number of carboxylic acid groups (broad SMARTS) is 1. The highest BCUT2D eigenvalue weighted by atomic mass is 127. The van der Waals surface area contributed by atoms with Crippen molar-refractivity contribution in [2.75, 3.05) is 10.6 Å². The van der Waals surface area contributed by atoms with E-state index in [1.54, 1.807) is 6.07 Å². The van der Waals surface area contributed by atoms with Crippen LogP contribution in [0.3, 0.4) is 0 Å². The Kier molecular flexibility index (Phi) is 6.45. The minimum Gasteiger partial charge on any atom is -0.478 e. The van der Waals surface area contributed by atoms with Crippen molar-refractivity contribution in [3.05, 3.63) is 92.6 Å². The number of anilines is 2. The van der Waals surface area contributed by atoms with Gasteiger partial charge in [0.1, 0.15) is 28.6 Å². The van der Waals surface area contributed by atoms with E-state index >= 15 is 4.39 Å². The van der Waals surface area contributed by atoms with Crippen LogP contribution in [0.5, 0.6) is 0 Å². The van der Waals surface area contributed by atoms with E-state index in [2.05, 4.69) is 16.0 Å². The summed E-state index contributed by atoms with van der Waals surface area (Å²) < 4.78 is 46.3. The maximum atomic E-state index is 16.0. The van der Waals surface area contributed by atoms with Crippen molar-refractivity contribution in [1.29, 1.82) is 0 Å². The molecule has 35 heavy (non-hydrogen) atoms. The summed E-state index contributed by atoms with van der Waals surface area (Å²) in [4.78, 5) is 36.7. The quantitative estimate of drug-likeness (QED) is 0.300. The first-order valence-electron chi connectivity index (χ1n) is 10.2. The Morgan fingerprint density at radius 1 is 1.14 bits per heavy atom. The highest BCUT2D eigenvalue weighted by Crippen LogP contribution is 2.50. The molecular formula is C24H17F3IN3O4. The smallest absolute Gasteiger partial charge is 0.340 e. The molecule has 1 amide bonds. The summed E-state index contributed by atoms with van der Waals surface area (Å²) >= 11 is 1.89. The van der Waals surface area contributed by atoms with Crippen molar-refractivity contribution in [2.24, 2.45) is 5.92 Å². The molecule has 0 radical (unpaired) electrons. The molecule has 4 rings (SSSR count). The first kappa shape index (κ1) is 24.5. The van der Waals surface area contributed by atoms with E-state index in [-0.39, 0.29) is 22.6 Å². The van der Waals surface area contributed by atoms with Crippen molar-refractivity contribution >= 4 is 51.6 Å². The number of nitrogens with one attached hydrogen (secondary N) is 3. The van der Waals surface area contributed by atoms with Gasteiger partial charge in [0.15, 0.2) is 5.78 Å². The molecule has 2 aromatic rings. The van der Waals surface area contributed by atoms with Crippen molar-refractivity contribution in [3.63, 3.8) is 0 Å². The Labute approximate surface area is 210 Å². The van der Waals surface area contributed by atoms with Gasteiger partial charge in [0.2, 0.25) is 5.91 Å². The average molecular weight is 595 g/mol. The number of halogens is 4. The van der Waals surface area contributed by atoms with Gasteiger partial charge >= 0.3 is 5.97 Å². The summed E-state index contributed by atoms with van der Waals surface area (Å²) in [5.74, 6) is -7.97. The van der Waals surface area contributed by atoms with Crippen LogP contribution in [0.15, 0.2) is 77.7 Å². The summed E-state index contributed by atoms with van der Waals surface area (Å²) in [6.07, 6.45) is 1.38. The molecule has 0 spiro atoms. The van der Waals surface area contributed by atoms with E-state index in [0.717, 1.165) is 6.20 Å². The standard InChI is InChI=1S/C24H17F3IN3O4/c1-11(32)30-14-4-2-3-12(7-14)24(31-18-6-5-13(28)8-16(18)25)19(27)9-17(26)21-20(24)22(33)15(10-29-21)23(34)35/h2-10,20,29,31H,1H3,(H,30,32)(H,34,35). The van der Waals surface area contributed by atoms with E-state index in [9.17, 15) is 28.3 Å². The van der Waals surface area contributed by atoms with E-state index in [1.165, 1.54) is 43.3 Å². The highest BCUT2D eigenvalue weighted by molar-refractivity contribution is 14.1. The van der Waals surface area contributed by atoms with Crippen LogP contribution >= 0.6 is 22.6 Å². The molecule has 0 bridgehead atoms. The van der Waals surface area contributed by atoms with Crippen LogP contribution in [0.4, 0.5) is 24.5 Å². The van der Waals surface area contributed by atoms with E-state index in [0.29, 0.717) is 9.65 Å². The van der Waals surface area contributed by atoms with Crippen molar-refractivity contribution in [2.45, 2.75) is 12.5 Å². The molecule has 11 heteroatoms. The third-order valence-corrected chi connectivity index (χ3v) is 6.31. The summed E-state index contributed by atoms with van der Waals surface area (Å²) in [6, 6.07) is 9.77. The number of benzene rings is 2. The van der Waals surface area contributed by atoms with E-state index in [1.807, 2.05) is 22.6 Å². The molecule has 0 fully saturated rings. The first-order chi connectivity index (χ1) is 16.5. The number of aliphatic carboxylic acids is 1. The number of Topliss-reactive ketones (excluding diaryl/α,β-unsaturated/α-hetero) is 1. The zero-order valence-corrected chi connectivity index (χ0v) is 20.1. The van der Waals surface area contributed by atoms with Crippen molar-refractivity contribution in [1.82, 2.24) is 5.32 Å². The fourth-order valence-corrected chi connectivity index (χ4v) is 4.63. The van der Waals surface area contributed by atoms with Crippen LogP contribution in [-0.4, -0.2) is 22.8 Å². The molecule has 2 aromatic carbocycles.